The highest BCUT2D eigenvalue weighted by Crippen LogP contribution is 2.44. The van der Waals surface area contributed by atoms with Gasteiger partial charge in [0.1, 0.15) is 0 Å². The number of carbonyl (C=O) groups is 1. The van der Waals surface area contributed by atoms with Crippen molar-refractivity contribution in [1.29, 1.82) is 0 Å². The molecule has 2 aromatic heterocycles. The number of amides is 1. The molecular formula is C10H8N2O5. The molecule has 7 nitrogen and oxygen atoms in total. The fraction of sp³-hybridized carbons (Fsp3) is 0. The van der Waals surface area contributed by atoms with Crippen molar-refractivity contribution < 1.29 is 24.5 Å². The molecule has 7 heteroatoms. The van der Waals surface area contributed by atoms with Gasteiger partial charge in [0.2, 0.25) is 17.4 Å². The molecule has 0 bridgehead atoms. The second-order valence-electron chi connectivity index (χ2n) is 3.12. The van der Waals surface area contributed by atoms with E-state index in [2.05, 4.69) is 4.98 Å². The Kier molecular flexibility index (Phi) is 2.57. The van der Waals surface area contributed by atoms with E-state index < -0.39 is 23.5 Å². The first-order valence-corrected chi connectivity index (χ1v) is 4.54. The third kappa shape index (κ3) is 1.98. The van der Waals surface area contributed by atoms with Gasteiger partial charge in [0.25, 0.3) is 0 Å². The van der Waals surface area contributed by atoms with Crippen molar-refractivity contribution >= 4 is 12.0 Å². The number of hydrogen-bond donors (Lipinski definition) is 4. The molecule has 2 heterocycles. The van der Waals surface area contributed by atoms with Crippen molar-refractivity contribution in [2.75, 3.05) is 5.32 Å². The minimum absolute atomic E-state index is 0.0337. The molecule has 0 fully saturated rings. The van der Waals surface area contributed by atoms with Crippen LogP contribution in [0.5, 0.6) is 11.5 Å². The number of anilines is 1. The molecule has 0 aromatic carbocycles. The highest BCUT2D eigenvalue weighted by molar-refractivity contribution is 5.86. The zero-order chi connectivity index (χ0) is 12.4. The van der Waals surface area contributed by atoms with Crippen molar-refractivity contribution in [1.82, 2.24) is 4.98 Å². The lowest BCUT2D eigenvalue weighted by molar-refractivity contribution is 0.209. The van der Waals surface area contributed by atoms with Crippen LogP contribution in [0.15, 0.2) is 28.9 Å². The predicted octanol–water partition coefficient (Wildman–Crippen LogP) is 1.84. The Bertz CT molecular complexity index is 549. The summed E-state index contributed by atoms with van der Waals surface area (Å²) in [6.07, 6.45) is 1.53. The van der Waals surface area contributed by atoms with Crippen LogP contribution in [-0.4, -0.2) is 26.4 Å². The zero-order valence-electron chi connectivity index (χ0n) is 8.41. The molecule has 2 aromatic rings. The van der Waals surface area contributed by atoms with Crippen molar-refractivity contribution in [2.45, 2.75) is 0 Å². The summed E-state index contributed by atoms with van der Waals surface area (Å²) in [5, 5.41) is 29.3. The van der Waals surface area contributed by atoms with Crippen molar-refractivity contribution in [3.05, 3.63) is 24.5 Å². The molecule has 88 valence electrons. The number of rotatable bonds is 2. The normalized spacial score (nSPS) is 10.1. The largest absolute Gasteiger partial charge is 0.502 e. The van der Waals surface area contributed by atoms with Crippen LogP contribution in [0.3, 0.4) is 0 Å². The van der Waals surface area contributed by atoms with Crippen LogP contribution in [0.25, 0.3) is 11.3 Å². The van der Waals surface area contributed by atoms with Crippen LogP contribution in [0.1, 0.15) is 0 Å². The number of furan rings is 1. The Balaban J connectivity index is 2.46. The van der Waals surface area contributed by atoms with E-state index in [0.29, 0.717) is 5.56 Å². The molecule has 0 saturated carbocycles. The monoisotopic (exact) mass is 236 g/mol. The highest BCUT2D eigenvalue weighted by Gasteiger charge is 2.21. The zero-order valence-corrected chi connectivity index (χ0v) is 8.41. The Morgan fingerprint density at radius 3 is 2.47 bits per heavy atom. The molecule has 2 rings (SSSR count). The van der Waals surface area contributed by atoms with E-state index in [-0.39, 0.29) is 5.76 Å². The molecule has 0 aliphatic heterocycles. The van der Waals surface area contributed by atoms with Gasteiger partial charge in [-0.25, -0.2) is 4.79 Å². The van der Waals surface area contributed by atoms with Gasteiger partial charge in [-0.2, -0.15) is 0 Å². The summed E-state index contributed by atoms with van der Waals surface area (Å²) < 4.78 is 5.02. The van der Waals surface area contributed by atoms with Gasteiger partial charge < -0.3 is 19.7 Å². The molecule has 0 radical (unpaired) electrons. The number of pyridine rings is 1. The van der Waals surface area contributed by atoms with E-state index in [1.54, 1.807) is 12.1 Å². The number of aromatic nitrogens is 1. The fourth-order valence-electron chi connectivity index (χ4n) is 1.29. The predicted molar refractivity (Wildman–Crippen MR) is 56.9 cm³/mol. The first-order chi connectivity index (χ1) is 8.09. The third-order valence-corrected chi connectivity index (χ3v) is 2.02. The van der Waals surface area contributed by atoms with Crippen LogP contribution < -0.4 is 5.32 Å². The summed E-state index contributed by atoms with van der Waals surface area (Å²) in [6.45, 7) is 0. The average molecular weight is 236 g/mol. The molecule has 1 amide bonds. The summed E-state index contributed by atoms with van der Waals surface area (Å²) in [7, 11) is 0. The molecule has 4 N–H and O–H groups in total. The molecule has 0 unspecified atom stereocenters. The van der Waals surface area contributed by atoms with Crippen LogP contribution in [-0.2, 0) is 0 Å². The number of nitrogens with zero attached hydrogens (tertiary/aromatic N) is 1. The lowest BCUT2D eigenvalue weighted by Crippen LogP contribution is -2.06. The van der Waals surface area contributed by atoms with Gasteiger partial charge in [-0.3, -0.25) is 10.3 Å². The Hall–Kier alpha value is -2.70. The van der Waals surface area contributed by atoms with Gasteiger partial charge in [-0.1, -0.05) is 0 Å². The van der Waals surface area contributed by atoms with Crippen LogP contribution in [0.4, 0.5) is 10.7 Å². The first-order valence-electron chi connectivity index (χ1n) is 4.54. The van der Waals surface area contributed by atoms with E-state index >= 15 is 0 Å². The van der Waals surface area contributed by atoms with Gasteiger partial charge in [0, 0.05) is 18.0 Å². The summed E-state index contributed by atoms with van der Waals surface area (Å²) in [5.74, 6) is -1.64. The van der Waals surface area contributed by atoms with Gasteiger partial charge >= 0.3 is 6.09 Å². The van der Waals surface area contributed by atoms with Crippen LogP contribution >= 0.6 is 0 Å². The maximum Gasteiger partial charge on any atom is 0.411 e. The summed E-state index contributed by atoms with van der Waals surface area (Å²) in [6, 6.07) is 3.09. The average Bonchev–Trinajstić information content (AvgIpc) is 2.58. The lowest BCUT2D eigenvalue weighted by atomic mass is 10.2. The molecule has 0 spiro atoms. The second-order valence-corrected chi connectivity index (χ2v) is 3.12. The molecule has 17 heavy (non-hydrogen) atoms. The van der Waals surface area contributed by atoms with Crippen molar-refractivity contribution in [2.24, 2.45) is 0 Å². The van der Waals surface area contributed by atoms with Crippen molar-refractivity contribution in [3.63, 3.8) is 0 Å². The lowest BCUT2D eigenvalue weighted by Gasteiger charge is -1.96. The number of hydrogen-bond acceptors (Lipinski definition) is 5. The third-order valence-electron chi connectivity index (χ3n) is 2.02. The molecule has 0 aliphatic rings. The van der Waals surface area contributed by atoms with Crippen LogP contribution in [0, 0.1) is 0 Å². The van der Waals surface area contributed by atoms with Gasteiger partial charge in [0.05, 0.1) is 0 Å². The maximum absolute atomic E-state index is 10.4. The molecule has 0 aliphatic carbocycles. The highest BCUT2D eigenvalue weighted by atomic mass is 16.4. The number of carboxylic acid groups (broad SMARTS) is 1. The second kappa shape index (κ2) is 4.05. The number of nitrogens with one attached hydrogen (secondary N) is 1. The van der Waals surface area contributed by atoms with Crippen LogP contribution in [0.2, 0.25) is 0 Å². The summed E-state index contributed by atoms with van der Waals surface area (Å²) in [4.78, 5) is 14.2. The Morgan fingerprint density at radius 2 is 1.88 bits per heavy atom. The fourth-order valence-corrected chi connectivity index (χ4v) is 1.29. The first kappa shape index (κ1) is 10.8. The minimum atomic E-state index is -1.41. The smallest absolute Gasteiger partial charge is 0.411 e. The topological polar surface area (TPSA) is 116 Å². The van der Waals surface area contributed by atoms with E-state index in [9.17, 15) is 15.0 Å². The van der Waals surface area contributed by atoms with E-state index in [0.717, 1.165) is 0 Å². The van der Waals surface area contributed by atoms with Crippen molar-refractivity contribution in [3.8, 4) is 22.8 Å². The summed E-state index contributed by atoms with van der Waals surface area (Å²) >= 11 is 0. The van der Waals surface area contributed by atoms with E-state index in [1.165, 1.54) is 12.4 Å². The van der Waals surface area contributed by atoms with E-state index in [4.69, 9.17) is 9.52 Å². The minimum Gasteiger partial charge on any atom is -0.502 e. The number of aromatic hydroxyl groups is 2. The summed E-state index contributed by atoms with van der Waals surface area (Å²) in [5.41, 5.74) is 0.464. The molecular weight excluding hydrogens is 228 g/mol. The molecule has 0 atom stereocenters. The Labute approximate surface area is 95.0 Å². The van der Waals surface area contributed by atoms with Gasteiger partial charge in [-0.15, -0.1) is 0 Å². The van der Waals surface area contributed by atoms with Gasteiger partial charge in [-0.05, 0) is 12.1 Å². The van der Waals surface area contributed by atoms with E-state index in [1.807, 2.05) is 5.32 Å². The Morgan fingerprint density at radius 1 is 1.24 bits per heavy atom. The molecule has 0 saturated heterocycles. The SMILES string of the molecule is O=C(O)Nc1oc(-c2ccncc2)c(O)c1O. The standard InChI is InChI=1S/C10H8N2O5/c13-6-7(14)9(12-10(15)16)17-8(6)5-1-3-11-4-2-5/h1-4,12-14H,(H,15,16). The maximum atomic E-state index is 10.4. The van der Waals surface area contributed by atoms with Gasteiger partial charge in [0.15, 0.2) is 5.76 Å². The quantitative estimate of drug-likeness (QED) is 0.632.